The Morgan fingerprint density at radius 3 is 2.29 bits per heavy atom. The number of amides is 2. The zero-order valence-corrected chi connectivity index (χ0v) is 18.7. The predicted molar refractivity (Wildman–Crippen MR) is 130 cm³/mol. The van der Waals surface area contributed by atoms with Crippen LogP contribution in [0.3, 0.4) is 0 Å². The van der Waals surface area contributed by atoms with Crippen LogP contribution in [0.4, 0.5) is 0 Å². The third-order valence-corrected chi connectivity index (χ3v) is 6.21. The average molecular weight is 470 g/mol. The number of imide groups is 1. The molecule has 1 N–H and O–H groups in total. The van der Waals surface area contributed by atoms with Crippen LogP contribution < -0.4 is 10.9 Å². The second-order valence-electron chi connectivity index (χ2n) is 7.54. The van der Waals surface area contributed by atoms with E-state index in [0.29, 0.717) is 33.9 Å². The van der Waals surface area contributed by atoms with Crippen LogP contribution in [0.1, 0.15) is 15.9 Å². The molecule has 0 aliphatic carbocycles. The Bertz CT molecular complexity index is 1560. The normalized spacial score (nSPS) is 11.1. The molecule has 9 heteroatoms. The Hall–Kier alpha value is -4.24. The first kappa shape index (κ1) is 21.6. The van der Waals surface area contributed by atoms with Crippen molar-refractivity contribution in [3.8, 4) is 0 Å². The van der Waals surface area contributed by atoms with Crippen LogP contribution in [0, 0.1) is 0 Å². The number of nitrogens with one attached hydrogen (secondary N) is 1. The summed E-state index contributed by atoms with van der Waals surface area (Å²) in [5.41, 5.74) is 1.85. The first-order chi connectivity index (χ1) is 16.6. The van der Waals surface area contributed by atoms with E-state index in [9.17, 15) is 14.4 Å². The van der Waals surface area contributed by atoms with Crippen molar-refractivity contribution in [2.75, 3.05) is 5.75 Å². The van der Waals surface area contributed by atoms with Crippen LogP contribution in [0.15, 0.2) is 94.9 Å². The van der Waals surface area contributed by atoms with Crippen LogP contribution >= 0.6 is 11.8 Å². The van der Waals surface area contributed by atoms with Gasteiger partial charge in [0.2, 0.25) is 11.7 Å². The van der Waals surface area contributed by atoms with Gasteiger partial charge in [-0.1, -0.05) is 72.4 Å². The number of thioether (sulfide) groups is 1. The van der Waals surface area contributed by atoms with Gasteiger partial charge in [-0.25, -0.2) is 0 Å². The number of hydrogen-bond acceptors (Lipinski definition) is 6. The van der Waals surface area contributed by atoms with Gasteiger partial charge in [-0.05, 0) is 29.8 Å². The van der Waals surface area contributed by atoms with E-state index in [1.807, 2.05) is 48.5 Å². The summed E-state index contributed by atoms with van der Waals surface area (Å²) >= 11 is 1.15. The lowest BCUT2D eigenvalue weighted by atomic mass is 10.2. The summed E-state index contributed by atoms with van der Waals surface area (Å²) in [6, 6.07) is 25.4. The third kappa shape index (κ3) is 4.20. The van der Waals surface area contributed by atoms with Gasteiger partial charge in [0.25, 0.3) is 11.5 Å². The summed E-state index contributed by atoms with van der Waals surface area (Å²) < 4.78 is 3.35. The van der Waals surface area contributed by atoms with Crippen molar-refractivity contribution < 1.29 is 9.59 Å². The molecular formula is C25H19N5O3S. The third-order valence-electron chi connectivity index (χ3n) is 5.28. The predicted octanol–water partition coefficient (Wildman–Crippen LogP) is 3.14. The van der Waals surface area contributed by atoms with Crippen LogP contribution in [0.5, 0.6) is 0 Å². The Balaban J connectivity index is 1.46. The Kier molecular flexibility index (Phi) is 5.92. The van der Waals surface area contributed by atoms with E-state index >= 15 is 0 Å². The van der Waals surface area contributed by atoms with E-state index in [2.05, 4.69) is 15.5 Å². The van der Waals surface area contributed by atoms with E-state index in [4.69, 9.17) is 0 Å². The summed E-state index contributed by atoms with van der Waals surface area (Å²) in [7, 11) is 0. The van der Waals surface area contributed by atoms with Crippen LogP contribution in [0.25, 0.3) is 16.7 Å². The minimum atomic E-state index is -0.459. The average Bonchev–Trinajstić information content (AvgIpc) is 3.30. The van der Waals surface area contributed by atoms with Gasteiger partial charge in [-0.3, -0.25) is 28.7 Å². The lowest BCUT2D eigenvalue weighted by Gasteiger charge is -2.11. The topological polar surface area (TPSA) is 98.4 Å². The van der Waals surface area contributed by atoms with Crippen molar-refractivity contribution in [1.82, 2.24) is 24.5 Å². The maximum absolute atomic E-state index is 13.3. The molecule has 2 amide bonds. The molecule has 168 valence electrons. The molecule has 0 radical (unpaired) electrons. The zero-order chi connectivity index (χ0) is 23.5. The molecule has 5 rings (SSSR count). The molecule has 0 aliphatic heterocycles. The molecule has 5 aromatic rings. The molecule has 0 fully saturated rings. The van der Waals surface area contributed by atoms with Crippen molar-refractivity contribution in [1.29, 1.82) is 0 Å². The number of hydrogen-bond donors (Lipinski definition) is 1. The van der Waals surface area contributed by atoms with Crippen molar-refractivity contribution in [2.45, 2.75) is 11.7 Å². The number of benzene rings is 3. The lowest BCUT2D eigenvalue weighted by Crippen LogP contribution is -2.31. The quantitative estimate of drug-likeness (QED) is 0.384. The highest BCUT2D eigenvalue weighted by Crippen LogP contribution is 2.22. The summed E-state index contributed by atoms with van der Waals surface area (Å²) in [4.78, 5) is 37.9. The van der Waals surface area contributed by atoms with Gasteiger partial charge < -0.3 is 0 Å². The van der Waals surface area contributed by atoms with Crippen LogP contribution in [-0.4, -0.2) is 36.7 Å². The Labute approximate surface area is 198 Å². The van der Waals surface area contributed by atoms with Crippen molar-refractivity contribution >= 4 is 40.3 Å². The number of rotatable bonds is 6. The fourth-order valence-corrected chi connectivity index (χ4v) is 4.43. The largest absolute Gasteiger partial charge is 0.292 e. The monoisotopic (exact) mass is 469 g/mol. The molecule has 0 aliphatic rings. The van der Waals surface area contributed by atoms with Gasteiger partial charge in [-0.2, -0.15) is 0 Å². The number of nitrogens with zero attached hydrogens (tertiary/aromatic N) is 4. The summed E-state index contributed by atoms with van der Waals surface area (Å²) in [6.07, 6.45) is 0. The maximum atomic E-state index is 13.3. The van der Waals surface area contributed by atoms with Crippen molar-refractivity contribution in [3.05, 3.63) is 106 Å². The smallest absolute Gasteiger partial charge is 0.263 e. The molecule has 34 heavy (non-hydrogen) atoms. The standard InChI is InChI=1S/C25H19N5O3S/c31-21(26-22(32)18-11-5-2-6-12-18)16-34-25-28-27-24-29(15-17-9-3-1-4-10-17)23(33)19-13-7-8-14-20(19)30(24)25/h1-14H,15-16H2,(H,26,31,32). The van der Waals surface area contributed by atoms with E-state index < -0.39 is 11.8 Å². The van der Waals surface area contributed by atoms with E-state index in [1.54, 1.807) is 45.4 Å². The van der Waals surface area contributed by atoms with E-state index in [0.717, 1.165) is 17.3 Å². The molecule has 0 unspecified atom stereocenters. The van der Waals surface area contributed by atoms with Gasteiger partial charge >= 0.3 is 0 Å². The summed E-state index contributed by atoms with van der Waals surface area (Å²) in [5.74, 6) is -0.557. The Morgan fingerprint density at radius 1 is 0.853 bits per heavy atom. The fraction of sp³-hybridized carbons (Fsp3) is 0.0800. The minimum absolute atomic E-state index is 0.0362. The molecule has 0 bridgehead atoms. The van der Waals surface area contributed by atoms with Crippen molar-refractivity contribution in [2.24, 2.45) is 0 Å². The number of fused-ring (bicyclic) bond motifs is 3. The number of carbonyl (C=O) groups excluding carboxylic acids is 2. The molecule has 3 aromatic carbocycles. The van der Waals surface area contributed by atoms with E-state index in [1.165, 1.54) is 0 Å². The Morgan fingerprint density at radius 2 is 1.53 bits per heavy atom. The van der Waals surface area contributed by atoms with Gasteiger partial charge in [0.1, 0.15) is 0 Å². The fourth-order valence-electron chi connectivity index (χ4n) is 3.69. The highest BCUT2D eigenvalue weighted by molar-refractivity contribution is 7.99. The number of aromatic nitrogens is 4. The summed E-state index contributed by atoms with van der Waals surface area (Å²) in [6.45, 7) is 0.336. The minimum Gasteiger partial charge on any atom is -0.292 e. The first-order valence-corrected chi connectivity index (χ1v) is 11.5. The molecule has 0 saturated heterocycles. The molecule has 0 spiro atoms. The molecular weight excluding hydrogens is 450 g/mol. The van der Waals surface area contributed by atoms with Gasteiger partial charge in [0.15, 0.2) is 5.16 Å². The van der Waals surface area contributed by atoms with Crippen LogP contribution in [-0.2, 0) is 11.3 Å². The molecule has 0 atom stereocenters. The highest BCUT2D eigenvalue weighted by atomic mass is 32.2. The summed E-state index contributed by atoms with van der Waals surface area (Å²) in [5, 5.41) is 11.9. The lowest BCUT2D eigenvalue weighted by molar-refractivity contribution is -0.117. The van der Waals surface area contributed by atoms with Crippen LogP contribution in [0.2, 0.25) is 0 Å². The van der Waals surface area contributed by atoms with Crippen molar-refractivity contribution in [3.63, 3.8) is 0 Å². The van der Waals surface area contributed by atoms with Gasteiger partial charge in [-0.15, -0.1) is 10.2 Å². The SMILES string of the molecule is O=C(CSc1nnc2n(Cc3ccccc3)c(=O)c3ccccc3n12)NC(=O)c1ccccc1. The first-order valence-electron chi connectivity index (χ1n) is 10.5. The molecule has 2 aromatic heterocycles. The number of carbonyl (C=O) groups is 2. The molecule has 2 heterocycles. The molecule has 0 saturated carbocycles. The second kappa shape index (κ2) is 9.32. The zero-order valence-electron chi connectivity index (χ0n) is 17.9. The second-order valence-corrected chi connectivity index (χ2v) is 8.49. The maximum Gasteiger partial charge on any atom is 0.263 e. The molecule has 8 nitrogen and oxygen atoms in total. The van der Waals surface area contributed by atoms with E-state index in [-0.39, 0.29) is 11.3 Å². The van der Waals surface area contributed by atoms with Gasteiger partial charge in [0, 0.05) is 5.56 Å². The van der Waals surface area contributed by atoms with Gasteiger partial charge in [0.05, 0.1) is 23.2 Å². The highest BCUT2D eigenvalue weighted by Gasteiger charge is 2.18. The number of para-hydroxylation sites is 1.